The number of benzene rings is 1. The molecule has 5 amide bonds. The first-order chi connectivity index (χ1) is 14.9. The first kappa shape index (κ1) is 20.6. The quantitative estimate of drug-likeness (QED) is 0.637. The third kappa shape index (κ3) is 4.30. The van der Waals surface area contributed by atoms with Gasteiger partial charge in [0.05, 0.1) is 6.26 Å². The lowest BCUT2D eigenvalue weighted by atomic mass is 9.77. The number of rotatable bonds is 5. The molecule has 2 aromatic rings. The van der Waals surface area contributed by atoms with Crippen LogP contribution < -0.4 is 16.0 Å². The lowest BCUT2D eigenvalue weighted by Crippen LogP contribution is -2.49. The average Bonchev–Trinajstić information content (AvgIpc) is 3.36. The molecule has 31 heavy (non-hydrogen) atoms. The number of carbonyl (C=O) groups excluding carboxylic acids is 4. The molecule has 0 radical (unpaired) electrons. The maximum Gasteiger partial charge on any atom is 0.325 e. The zero-order chi connectivity index (χ0) is 22.0. The first-order valence-electron chi connectivity index (χ1n) is 10.3. The molecule has 1 aliphatic heterocycles. The van der Waals surface area contributed by atoms with Gasteiger partial charge in [0.25, 0.3) is 11.8 Å². The molecule has 0 atom stereocenters. The van der Waals surface area contributed by atoms with Gasteiger partial charge in [0.2, 0.25) is 5.91 Å². The summed E-state index contributed by atoms with van der Waals surface area (Å²) in [5, 5.41) is 8.16. The van der Waals surface area contributed by atoms with Crippen LogP contribution in [0.3, 0.4) is 0 Å². The van der Waals surface area contributed by atoms with Crippen LogP contribution in [0.1, 0.15) is 43.2 Å². The van der Waals surface area contributed by atoms with Crippen molar-refractivity contribution in [3.8, 4) is 0 Å². The van der Waals surface area contributed by atoms with Gasteiger partial charge in [0, 0.05) is 11.4 Å². The van der Waals surface area contributed by atoms with E-state index in [2.05, 4.69) is 22.9 Å². The molecular weight excluding hydrogens is 400 g/mol. The van der Waals surface area contributed by atoms with Crippen LogP contribution in [0.15, 0.2) is 47.1 Å². The van der Waals surface area contributed by atoms with E-state index in [-0.39, 0.29) is 24.1 Å². The van der Waals surface area contributed by atoms with Crippen LogP contribution in [-0.2, 0) is 9.59 Å². The summed E-state index contributed by atoms with van der Waals surface area (Å²) in [6, 6.07) is 9.14. The Morgan fingerprint density at radius 1 is 1.10 bits per heavy atom. The fraction of sp³-hybridized carbons (Fsp3) is 0.364. The highest BCUT2D eigenvalue weighted by atomic mass is 16.3. The molecule has 1 saturated heterocycles. The molecule has 1 aromatic heterocycles. The molecule has 4 rings (SSSR count). The summed E-state index contributed by atoms with van der Waals surface area (Å²) in [6.45, 7) is 1.78. The van der Waals surface area contributed by atoms with Crippen LogP contribution in [0.25, 0.3) is 0 Å². The second kappa shape index (κ2) is 8.25. The van der Waals surface area contributed by atoms with Gasteiger partial charge >= 0.3 is 6.03 Å². The standard InChI is InChI=1S/C22H24N4O5/c1-14-8-10-22(11-9-14)20(29)26(21(30)25-22)13-18(27)23-15-4-6-16(7-5-15)24-19(28)17-3-2-12-31-17/h2-7,12,14H,8-11,13H2,1H3,(H,23,27)(H,24,28)(H,25,30). The topological polar surface area (TPSA) is 121 Å². The van der Waals surface area contributed by atoms with Crippen LogP contribution in [0.4, 0.5) is 16.2 Å². The van der Waals surface area contributed by atoms with Gasteiger partial charge in [0.1, 0.15) is 12.1 Å². The minimum Gasteiger partial charge on any atom is -0.459 e. The van der Waals surface area contributed by atoms with Gasteiger partial charge < -0.3 is 20.4 Å². The Labute approximate surface area is 179 Å². The van der Waals surface area contributed by atoms with Crippen LogP contribution >= 0.6 is 0 Å². The summed E-state index contributed by atoms with van der Waals surface area (Å²) in [6.07, 6.45) is 4.35. The van der Waals surface area contributed by atoms with Crippen molar-refractivity contribution < 1.29 is 23.6 Å². The van der Waals surface area contributed by atoms with E-state index in [9.17, 15) is 19.2 Å². The molecule has 9 nitrogen and oxygen atoms in total. The molecule has 1 aromatic carbocycles. The summed E-state index contributed by atoms with van der Waals surface area (Å²) in [5.41, 5.74) is 0.147. The average molecular weight is 424 g/mol. The third-order valence-corrected chi connectivity index (χ3v) is 5.85. The summed E-state index contributed by atoms with van der Waals surface area (Å²) in [4.78, 5) is 50.6. The van der Waals surface area contributed by atoms with Crippen molar-refractivity contribution in [1.29, 1.82) is 0 Å². The van der Waals surface area contributed by atoms with Crippen molar-refractivity contribution >= 4 is 35.1 Å². The Kier molecular flexibility index (Phi) is 5.50. The van der Waals surface area contributed by atoms with Crippen LogP contribution in [0, 0.1) is 5.92 Å². The second-order valence-electron chi connectivity index (χ2n) is 8.14. The number of nitrogens with zero attached hydrogens (tertiary/aromatic N) is 1. The minimum atomic E-state index is -0.863. The van der Waals surface area contributed by atoms with Crippen LogP contribution in [0.2, 0.25) is 0 Å². The molecule has 2 aliphatic rings. The molecule has 1 saturated carbocycles. The lowest BCUT2D eigenvalue weighted by Gasteiger charge is -2.33. The fourth-order valence-electron chi connectivity index (χ4n) is 4.00. The molecule has 2 fully saturated rings. The molecule has 3 N–H and O–H groups in total. The van der Waals surface area contributed by atoms with Gasteiger partial charge in [-0.05, 0) is 68.0 Å². The van der Waals surface area contributed by atoms with Crippen molar-refractivity contribution in [2.75, 3.05) is 17.2 Å². The highest BCUT2D eigenvalue weighted by Crippen LogP contribution is 2.36. The number of nitrogens with one attached hydrogen (secondary N) is 3. The van der Waals surface area contributed by atoms with Crippen molar-refractivity contribution in [2.45, 2.75) is 38.1 Å². The maximum absolute atomic E-state index is 12.8. The predicted octanol–water partition coefficient (Wildman–Crippen LogP) is 2.97. The van der Waals surface area contributed by atoms with Gasteiger partial charge in [0.15, 0.2) is 5.76 Å². The van der Waals surface area contributed by atoms with Crippen molar-refractivity contribution in [3.63, 3.8) is 0 Å². The van der Waals surface area contributed by atoms with Gasteiger partial charge in [-0.25, -0.2) is 4.79 Å². The number of furan rings is 1. The summed E-state index contributed by atoms with van der Waals surface area (Å²) in [7, 11) is 0. The molecule has 0 unspecified atom stereocenters. The number of imide groups is 1. The maximum atomic E-state index is 12.8. The number of urea groups is 1. The Morgan fingerprint density at radius 2 is 1.74 bits per heavy atom. The number of anilines is 2. The van der Waals surface area contributed by atoms with Gasteiger partial charge in [-0.3, -0.25) is 19.3 Å². The SMILES string of the molecule is CC1CCC2(CC1)NC(=O)N(CC(=O)Nc1ccc(NC(=O)c3ccco3)cc1)C2=O. The zero-order valence-electron chi connectivity index (χ0n) is 17.1. The monoisotopic (exact) mass is 424 g/mol. The first-order valence-corrected chi connectivity index (χ1v) is 10.3. The Balaban J connectivity index is 1.33. The van der Waals surface area contributed by atoms with E-state index in [4.69, 9.17) is 4.42 Å². The normalized spacial score (nSPS) is 23.0. The molecule has 2 heterocycles. The summed E-state index contributed by atoms with van der Waals surface area (Å²) >= 11 is 0. The van der Waals surface area contributed by atoms with Crippen LogP contribution in [0.5, 0.6) is 0 Å². The van der Waals surface area contributed by atoms with Crippen molar-refractivity contribution in [1.82, 2.24) is 10.2 Å². The Morgan fingerprint density at radius 3 is 2.35 bits per heavy atom. The fourth-order valence-corrected chi connectivity index (χ4v) is 4.00. The molecule has 9 heteroatoms. The number of hydrogen-bond donors (Lipinski definition) is 3. The molecule has 162 valence electrons. The van der Waals surface area contributed by atoms with E-state index in [0.29, 0.717) is 30.1 Å². The molecule has 1 aliphatic carbocycles. The van der Waals surface area contributed by atoms with Gasteiger partial charge in [-0.2, -0.15) is 0 Å². The summed E-state index contributed by atoms with van der Waals surface area (Å²) in [5.74, 6) is -0.463. The van der Waals surface area contributed by atoms with Gasteiger partial charge in [-0.15, -0.1) is 0 Å². The highest BCUT2D eigenvalue weighted by molar-refractivity contribution is 6.10. The highest BCUT2D eigenvalue weighted by Gasteiger charge is 2.52. The largest absolute Gasteiger partial charge is 0.459 e. The van der Waals surface area contributed by atoms with E-state index in [1.54, 1.807) is 36.4 Å². The van der Waals surface area contributed by atoms with Crippen molar-refractivity contribution in [2.24, 2.45) is 5.92 Å². The van der Waals surface area contributed by atoms with E-state index in [0.717, 1.165) is 17.7 Å². The summed E-state index contributed by atoms with van der Waals surface area (Å²) < 4.78 is 5.04. The van der Waals surface area contributed by atoms with E-state index in [1.807, 2.05) is 0 Å². The van der Waals surface area contributed by atoms with Gasteiger partial charge in [-0.1, -0.05) is 6.92 Å². The Hall–Kier alpha value is -3.62. The lowest BCUT2D eigenvalue weighted by molar-refractivity contribution is -0.135. The molecule has 1 spiro atoms. The van der Waals surface area contributed by atoms with E-state index >= 15 is 0 Å². The Bertz CT molecular complexity index is 991. The number of amides is 5. The van der Waals surface area contributed by atoms with Crippen LogP contribution in [-0.4, -0.2) is 40.7 Å². The predicted molar refractivity (Wildman–Crippen MR) is 112 cm³/mol. The van der Waals surface area contributed by atoms with E-state index < -0.39 is 17.5 Å². The smallest absolute Gasteiger partial charge is 0.325 e. The zero-order valence-corrected chi connectivity index (χ0v) is 17.1. The minimum absolute atomic E-state index is 0.191. The number of hydrogen-bond acceptors (Lipinski definition) is 5. The second-order valence-corrected chi connectivity index (χ2v) is 8.14. The number of carbonyl (C=O) groups is 4. The van der Waals surface area contributed by atoms with Crippen molar-refractivity contribution in [3.05, 3.63) is 48.4 Å². The molecular formula is C22H24N4O5. The third-order valence-electron chi connectivity index (χ3n) is 5.85. The molecule has 0 bridgehead atoms. The van der Waals surface area contributed by atoms with E-state index in [1.165, 1.54) is 6.26 Å².